The molecule has 1 aliphatic rings. The molecule has 9 nitrogen and oxygen atoms in total. The summed E-state index contributed by atoms with van der Waals surface area (Å²) in [6, 6.07) is 0. The molecule has 0 radical (unpaired) electrons. The molecule has 2 unspecified atom stereocenters. The van der Waals surface area contributed by atoms with E-state index >= 15 is 0 Å². The largest absolute Gasteiger partial charge is 0.268 e. The Kier molecular flexibility index (Phi) is 38.4. The summed E-state index contributed by atoms with van der Waals surface area (Å²) in [6.07, 6.45) is 38.9. The molecular formula is C42H96N9P3. The van der Waals surface area contributed by atoms with E-state index in [0.717, 1.165) is 39.3 Å². The standard InChI is InChI=1S/C42H96N9P3/c1-7-13-19-25-31-37-43-50-52(45-39-33-27-21-15-9-3)49-54(47-41-35-29-23-17-11-5,48-42-36-30-24-18-12-6)51(44-38-32-26-20-14-8-2)53(50)46-40-34-28-22-16-10-4/h43-48H,7-42H2,1-6H3. The van der Waals surface area contributed by atoms with Gasteiger partial charge >= 0.3 is 0 Å². The monoisotopic (exact) mass is 820 g/mol. The van der Waals surface area contributed by atoms with E-state index in [2.05, 4.69) is 81.8 Å². The van der Waals surface area contributed by atoms with Gasteiger partial charge in [0, 0.05) is 39.3 Å². The Bertz CT molecular complexity index is 821. The van der Waals surface area contributed by atoms with Crippen LogP contribution in [-0.2, 0) is 0 Å². The number of hydrogen-bond donors (Lipinski definition) is 6. The van der Waals surface area contributed by atoms with Gasteiger partial charge in [0.2, 0.25) is 0 Å². The van der Waals surface area contributed by atoms with E-state index in [1.807, 2.05) is 0 Å². The zero-order valence-electron chi connectivity index (χ0n) is 37.1. The van der Waals surface area contributed by atoms with Crippen LogP contribution in [0.3, 0.4) is 0 Å². The zero-order valence-corrected chi connectivity index (χ0v) is 39.8. The van der Waals surface area contributed by atoms with Gasteiger partial charge in [-0.05, 0) is 38.5 Å². The van der Waals surface area contributed by atoms with Gasteiger partial charge in [-0.15, -0.1) is 9.10 Å². The van der Waals surface area contributed by atoms with Crippen LogP contribution in [0.1, 0.15) is 234 Å². The van der Waals surface area contributed by atoms with E-state index in [-0.39, 0.29) is 0 Å². The van der Waals surface area contributed by atoms with E-state index in [9.17, 15) is 0 Å². The summed E-state index contributed by atoms with van der Waals surface area (Å²) in [5.41, 5.74) is 8.15. The second-order valence-electron chi connectivity index (χ2n) is 15.8. The van der Waals surface area contributed by atoms with E-state index in [1.54, 1.807) is 0 Å². The number of rotatable bonds is 42. The molecule has 0 saturated carbocycles. The van der Waals surface area contributed by atoms with Crippen molar-refractivity contribution in [2.24, 2.45) is 4.52 Å². The first-order valence-electron chi connectivity index (χ1n) is 23.9. The van der Waals surface area contributed by atoms with Gasteiger partial charge in [-0.2, -0.15) is 0 Å². The smallest absolute Gasteiger partial charge is 0.189 e. The highest BCUT2D eigenvalue weighted by atomic mass is 31.3. The highest BCUT2D eigenvalue weighted by Crippen LogP contribution is 2.70. The predicted molar refractivity (Wildman–Crippen MR) is 247 cm³/mol. The lowest BCUT2D eigenvalue weighted by atomic mass is 10.2. The molecule has 54 heavy (non-hydrogen) atoms. The van der Waals surface area contributed by atoms with Gasteiger partial charge in [-0.3, -0.25) is 20.3 Å². The molecule has 324 valence electrons. The molecule has 12 heteroatoms. The lowest BCUT2D eigenvalue weighted by Crippen LogP contribution is -2.51. The van der Waals surface area contributed by atoms with Crippen molar-refractivity contribution in [2.75, 3.05) is 39.3 Å². The second-order valence-corrected chi connectivity index (χ2v) is 22.4. The van der Waals surface area contributed by atoms with E-state index in [1.165, 1.54) is 193 Å². The molecule has 1 aliphatic heterocycles. The van der Waals surface area contributed by atoms with Crippen molar-refractivity contribution >= 4 is 24.3 Å². The maximum atomic E-state index is 6.00. The molecule has 0 spiro atoms. The Hall–Kier alpha value is 0.770. The molecule has 0 fully saturated rings. The highest BCUT2D eigenvalue weighted by Gasteiger charge is 2.45. The first-order chi connectivity index (χ1) is 26.6. The summed E-state index contributed by atoms with van der Waals surface area (Å²) in [5.74, 6) is 0. The SMILES string of the molecule is CCCCCCCNN1P(NCCCCCCC)N=P(NCCCCCCC)(NCCCCCCC)N(NCCCCCCC)P1NCCCCCCC. The summed E-state index contributed by atoms with van der Waals surface area (Å²) in [4.78, 5) is 0. The minimum atomic E-state index is -2.31. The summed E-state index contributed by atoms with van der Waals surface area (Å²) >= 11 is 0. The fourth-order valence-electron chi connectivity index (χ4n) is 6.83. The lowest BCUT2D eigenvalue weighted by molar-refractivity contribution is 0.402. The number of unbranched alkanes of at least 4 members (excludes halogenated alkanes) is 24. The molecule has 0 aromatic rings. The number of hydrogen-bond acceptors (Lipinski definition) is 9. The predicted octanol–water partition coefficient (Wildman–Crippen LogP) is 14.2. The Labute approximate surface area is 341 Å². The third-order valence-corrected chi connectivity index (χ3v) is 18.9. The molecular weight excluding hydrogens is 723 g/mol. The number of nitrogens with one attached hydrogen (secondary N) is 6. The number of nitrogens with zero attached hydrogens (tertiary/aromatic N) is 3. The third-order valence-electron chi connectivity index (χ3n) is 10.4. The molecule has 0 aromatic heterocycles. The second kappa shape index (κ2) is 39.2. The first kappa shape index (κ1) is 52.8. The maximum absolute atomic E-state index is 6.00. The van der Waals surface area contributed by atoms with Gasteiger partial charge < -0.3 is 0 Å². The zero-order chi connectivity index (χ0) is 39.2. The van der Waals surface area contributed by atoms with Gasteiger partial charge in [0.1, 0.15) is 0 Å². The van der Waals surface area contributed by atoms with Crippen LogP contribution < -0.4 is 31.2 Å². The molecule has 0 saturated heterocycles. The molecule has 0 aromatic carbocycles. The van der Waals surface area contributed by atoms with Crippen LogP contribution >= 0.6 is 24.3 Å². The minimum absolute atomic E-state index is 0.905. The first-order valence-corrected chi connectivity index (χ1v) is 28.1. The van der Waals surface area contributed by atoms with Gasteiger partial charge in [-0.1, -0.05) is 196 Å². The van der Waals surface area contributed by atoms with E-state index in [4.69, 9.17) is 4.52 Å². The van der Waals surface area contributed by atoms with Gasteiger partial charge in [0.15, 0.2) is 24.3 Å². The van der Waals surface area contributed by atoms with Crippen molar-refractivity contribution in [3.8, 4) is 0 Å². The Morgan fingerprint density at radius 1 is 0.370 bits per heavy atom. The van der Waals surface area contributed by atoms with Gasteiger partial charge in [0.25, 0.3) is 0 Å². The topological polar surface area (TPSA) is 91.0 Å². The van der Waals surface area contributed by atoms with Gasteiger partial charge in [0.05, 0.1) is 0 Å². The number of hydrazine groups is 2. The van der Waals surface area contributed by atoms with Crippen molar-refractivity contribution in [1.29, 1.82) is 0 Å². The molecule has 2 atom stereocenters. The summed E-state index contributed by atoms with van der Waals surface area (Å²) in [6.45, 7) is 20.0. The maximum Gasteiger partial charge on any atom is 0.189 e. The van der Waals surface area contributed by atoms with Crippen molar-refractivity contribution in [2.45, 2.75) is 234 Å². The van der Waals surface area contributed by atoms with Crippen LogP contribution in [0.15, 0.2) is 4.52 Å². The Morgan fingerprint density at radius 2 is 0.704 bits per heavy atom. The van der Waals surface area contributed by atoms with Gasteiger partial charge in [-0.25, -0.2) is 15.4 Å². The van der Waals surface area contributed by atoms with Crippen molar-refractivity contribution in [1.82, 2.24) is 40.3 Å². The van der Waals surface area contributed by atoms with Crippen molar-refractivity contribution in [3.63, 3.8) is 0 Å². The van der Waals surface area contributed by atoms with E-state index < -0.39 is 24.3 Å². The van der Waals surface area contributed by atoms with Crippen LogP contribution in [0, 0.1) is 0 Å². The summed E-state index contributed by atoms with van der Waals surface area (Å²) in [7, 11) is -4.17. The van der Waals surface area contributed by atoms with Crippen LogP contribution in [0.2, 0.25) is 0 Å². The fraction of sp³-hybridized carbons (Fsp3) is 1.00. The fourth-order valence-corrected chi connectivity index (χ4v) is 16.7. The normalized spacial score (nSPS) is 17.7. The van der Waals surface area contributed by atoms with Crippen molar-refractivity contribution < 1.29 is 0 Å². The highest BCUT2D eigenvalue weighted by molar-refractivity contribution is 7.82. The average molecular weight is 820 g/mol. The van der Waals surface area contributed by atoms with Crippen LogP contribution in [0.5, 0.6) is 0 Å². The molecule has 1 heterocycles. The van der Waals surface area contributed by atoms with E-state index in [0.29, 0.717) is 0 Å². The summed E-state index contributed by atoms with van der Waals surface area (Å²) in [5, 5.41) is 16.8. The van der Waals surface area contributed by atoms with Crippen LogP contribution in [0.4, 0.5) is 0 Å². The van der Waals surface area contributed by atoms with Crippen molar-refractivity contribution in [3.05, 3.63) is 0 Å². The lowest BCUT2D eigenvalue weighted by Gasteiger charge is -2.50. The molecule has 6 N–H and O–H groups in total. The average Bonchev–Trinajstić information content (AvgIpc) is 3.18. The molecule has 1 rings (SSSR count). The molecule has 0 bridgehead atoms. The summed E-state index contributed by atoms with van der Waals surface area (Å²) < 4.78 is 11.2. The molecule has 0 aliphatic carbocycles. The Morgan fingerprint density at radius 3 is 1.11 bits per heavy atom. The third kappa shape index (κ3) is 26.0. The minimum Gasteiger partial charge on any atom is -0.268 e. The van der Waals surface area contributed by atoms with Crippen LogP contribution in [-0.4, -0.2) is 48.4 Å². The van der Waals surface area contributed by atoms with Crippen LogP contribution in [0.25, 0.3) is 0 Å². The molecule has 0 amide bonds. The quantitative estimate of drug-likeness (QED) is 0.0268. The Balaban J connectivity index is 3.56.